The van der Waals surface area contributed by atoms with Gasteiger partial charge in [0.25, 0.3) is 11.8 Å². The highest BCUT2D eigenvalue weighted by atomic mass is 32.2. The predicted octanol–water partition coefficient (Wildman–Crippen LogP) is 5.00. The zero-order valence-electron chi connectivity index (χ0n) is 35.4. The Balaban J connectivity index is 0.000000235. The second kappa shape index (κ2) is 20.8. The quantitative estimate of drug-likeness (QED) is 0.0521. The first-order chi connectivity index (χ1) is 29.5. The fourth-order valence-corrected chi connectivity index (χ4v) is 10.9. The van der Waals surface area contributed by atoms with E-state index in [0.717, 1.165) is 32.4 Å². The normalized spacial score (nSPS) is 16.2. The van der Waals surface area contributed by atoms with E-state index in [1.807, 2.05) is 0 Å². The fraction of sp³-hybridized carbons (Fsp3) is 0.476. The summed E-state index contributed by atoms with van der Waals surface area (Å²) in [5, 5.41) is 24.7. The molecule has 2 amide bonds. The van der Waals surface area contributed by atoms with Crippen molar-refractivity contribution in [3.8, 4) is 22.5 Å². The van der Waals surface area contributed by atoms with E-state index in [-0.39, 0.29) is 67.3 Å². The van der Waals surface area contributed by atoms with Gasteiger partial charge in [0.15, 0.2) is 29.2 Å². The minimum atomic E-state index is -4.06. The van der Waals surface area contributed by atoms with E-state index in [0.29, 0.717) is 34.2 Å². The van der Waals surface area contributed by atoms with Crippen molar-refractivity contribution in [2.75, 3.05) is 50.2 Å². The average Bonchev–Trinajstić information content (AvgIpc) is 3.29. The van der Waals surface area contributed by atoms with Crippen LogP contribution in [0.1, 0.15) is 72.6 Å². The lowest BCUT2D eigenvalue weighted by atomic mass is 9.92. The molecule has 2 saturated heterocycles. The Labute approximate surface area is 362 Å². The minimum absolute atomic E-state index is 0.000163. The maximum atomic E-state index is 13.3. The summed E-state index contributed by atoms with van der Waals surface area (Å²) in [6, 6.07) is 12.3. The van der Waals surface area contributed by atoms with Gasteiger partial charge in [0, 0.05) is 50.6 Å². The summed E-state index contributed by atoms with van der Waals surface area (Å²) in [5.74, 6) is -0.520. The lowest BCUT2D eigenvalue weighted by Gasteiger charge is -2.34. The van der Waals surface area contributed by atoms with Gasteiger partial charge in [-0.05, 0) is 68.2 Å². The highest BCUT2D eigenvalue weighted by Gasteiger charge is 2.53. The van der Waals surface area contributed by atoms with Crippen LogP contribution in [0, 0.1) is 5.41 Å². The third kappa shape index (κ3) is 10.9. The van der Waals surface area contributed by atoms with E-state index >= 15 is 0 Å². The number of sulfone groups is 2. The SMILES string of the molecule is CC(C)(C)CCNc1cnc(-c2ccc(S(=O)(=O)C3(C(=O)NO)CCOCC3)cc2)cn1.CCCCNc1cnc(-c2ccc(S(=O)(=O)C3(C(=O)NO)CCOCC3)cc2)cn1. The average molecular weight is 897 g/mol. The number of hydroxylamine groups is 2. The number of carbonyl (C=O) groups is 2. The zero-order chi connectivity index (χ0) is 45.0. The van der Waals surface area contributed by atoms with E-state index < -0.39 is 41.0 Å². The van der Waals surface area contributed by atoms with Crippen LogP contribution in [0.25, 0.3) is 22.5 Å². The van der Waals surface area contributed by atoms with Crippen molar-refractivity contribution < 1.29 is 46.3 Å². The molecule has 0 aliphatic carbocycles. The van der Waals surface area contributed by atoms with Crippen molar-refractivity contribution in [1.82, 2.24) is 30.9 Å². The Kier molecular flexibility index (Phi) is 16.1. The summed E-state index contributed by atoms with van der Waals surface area (Å²) in [4.78, 5) is 42.1. The summed E-state index contributed by atoms with van der Waals surface area (Å²) in [6.45, 7) is 10.7. The first-order valence-corrected chi connectivity index (χ1v) is 23.4. The number of ether oxygens (including phenoxy) is 2. The molecule has 0 unspecified atom stereocenters. The lowest BCUT2D eigenvalue weighted by molar-refractivity contribution is -0.135. The van der Waals surface area contributed by atoms with Gasteiger partial charge in [-0.1, -0.05) is 58.4 Å². The third-order valence-corrected chi connectivity index (χ3v) is 15.9. The molecule has 18 nitrogen and oxygen atoms in total. The minimum Gasteiger partial charge on any atom is -0.381 e. The Morgan fingerprint density at radius 2 is 1.02 bits per heavy atom. The molecule has 0 spiro atoms. The molecule has 62 heavy (non-hydrogen) atoms. The van der Waals surface area contributed by atoms with Crippen molar-refractivity contribution in [3.63, 3.8) is 0 Å². The van der Waals surface area contributed by atoms with Gasteiger partial charge in [0.2, 0.25) is 0 Å². The number of rotatable bonds is 15. The van der Waals surface area contributed by atoms with E-state index in [1.54, 1.807) is 49.1 Å². The van der Waals surface area contributed by atoms with Crippen LogP contribution in [0.2, 0.25) is 0 Å². The first kappa shape index (κ1) is 47.9. The van der Waals surface area contributed by atoms with Crippen LogP contribution in [0.15, 0.2) is 83.1 Å². The van der Waals surface area contributed by atoms with Crippen molar-refractivity contribution in [2.45, 2.75) is 91.9 Å². The number of hydrogen-bond donors (Lipinski definition) is 6. The molecule has 4 heterocycles. The number of anilines is 2. The van der Waals surface area contributed by atoms with Crippen LogP contribution in [0.5, 0.6) is 0 Å². The van der Waals surface area contributed by atoms with Gasteiger partial charge >= 0.3 is 0 Å². The summed E-state index contributed by atoms with van der Waals surface area (Å²) in [7, 11) is -8.11. The lowest BCUT2D eigenvalue weighted by Crippen LogP contribution is -2.54. The molecule has 4 aromatic rings. The molecule has 2 aliphatic heterocycles. The van der Waals surface area contributed by atoms with E-state index in [4.69, 9.17) is 19.9 Å². The zero-order valence-corrected chi connectivity index (χ0v) is 37.0. The maximum Gasteiger partial charge on any atom is 0.265 e. The Bertz CT molecular complexity index is 2310. The van der Waals surface area contributed by atoms with Crippen LogP contribution in [-0.2, 0) is 38.7 Å². The Morgan fingerprint density at radius 1 is 0.629 bits per heavy atom. The fourth-order valence-electron chi connectivity index (χ4n) is 7.00. The van der Waals surface area contributed by atoms with Crippen molar-refractivity contribution in [2.24, 2.45) is 5.41 Å². The number of carbonyl (C=O) groups excluding carboxylic acids is 2. The van der Waals surface area contributed by atoms with Crippen LogP contribution in [-0.4, -0.2) is 108 Å². The highest BCUT2D eigenvalue weighted by molar-refractivity contribution is 7.94. The predicted molar refractivity (Wildman–Crippen MR) is 231 cm³/mol. The topological polar surface area (TPSA) is 261 Å². The van der Waals surface area contributed by atoms with E-state index in [1.165, 1.54) is 35.2 Å². The van der Waals surface area contributed by atoms with Gasteiger partial charge in [-0.15, -0.1) is 0 Å². The largest absolute Gasteiger partial charge is 0.381 e. The number of benzene rings is 2. The number of hydrogen-bond acceptors (Lipinski definition) is 16. The van der Waals surface area contributed by atoms with Gasteiger partial charge in [0.05, 0.1) is 46.0 Å². The molecule has 0 saturated carbocycles. The van der Waals surface area contributed by atoms with Gasteiger partial charge < -0.3 is 20.1 Å². The second-order valence-electron chi connectivity index (χ2n) is 16.2. The molecular formula is C42H56N8O10S2. The van der Waals surface area contributed by atoms with Crippen LogP contribution >= 0.6 is 0 Å². The number of unbranched alkanes of at least 4 members (excludes halogenated alkanes) is 1. The number of nitrogens with one attached hydrogen (secondary N) is 4. The summed E-state index contributed by atoms with van der Waals surface area (Å²) in [6.07, 6.45) is 9.54. The molecule has 20 heteroatoms. The number of amides is 2. The summed E-state index contributed by atoms with van der Waals surface area (Å²) >= 11 is 0. The molecule has 2 fully saturated rings. The molecular weight excluding hydrogens is 841 g/mol. The van der Waals surface area contributed by atoms with E-state index in [9.17, 15) is 26.4 Å². The number of nitrogens with zero attached hydrogens (tertiary/aromatic N) is 4. The highest BCUT2D eigenvalue weighted by Crippen LogP contribution is 2.37. The van der Waals surface area contributed by atoms with Crippen molar-refractivity contribution >= 4 is 43.1 Å². The molecule has 0 atom stereocenters. The van der Waals surface area contributed by atoms with Crippen molar-refractivity contribution in [3.05, 3.63) is 73.3 Å². The van der Waals surface area contributed by atoms with Gasteiger partial charge in [-0.25, -0.2) is 37.8 Å². The number of aromatic nitrogens is 4. The third-order valence-electron chi connectivity index (χ3n) is 10.9. The molecule has 2 aromatic heterocycles. The molecule has 6 N–H and O–H groups in total. The van der Waals surface area contributed by atoms with Crippen LogP contribution < -0.4 is 21.6 Å². The smallest absolute Gasteiger partial charge is 0.265 e. The van der Waals surface area contributed by atoms with Gasteiger partial charge in [-0.3, -0.25) is 30.0 Å². The molecule has 0 radical (unpaired) electrons. The molecule has 6 rings (SSSR count). The van der Waals surface area contributed by atoms with Crippen molar-refractivity contribution in [1.29, 1.82) is 0 Å². The first-order valence-electron chi connectivity index (χ1n) is 20.4. The van der Waals surface area contributed by atoms with E-state index in [2.05, 4.69) is 58.3 Å². The van der Waals surface area contributed by atoms with Gasteiger partial charge in [0.1, 0.15) is 11.6 Å². The molecule has 336 valence electrons. The van der Waals surface area contributed by atoms with Crippen LogP contribution in [0.4, 0.5) is 11.6 Å². The monoisotopic (exact) mass is 896 g/mol. The summed E-state index contributed by atoms with van der Waals surface area (Å²) in [5.41, 5.74) is 5.87. The Morgan fingerprint density at radius 3 is 1.34 bits per heavy atom. The molecule has 0 bridgehead atoms. The second-order valence-corrected chi connectivity index (χ2v) is 20.8. The van der Waals surface area contributed by atoms with Crippen LogP contribution in [0.3, 0.4) is 0 Å². The molecule has 2 aliphatic rings. The Hall–Kier alpha value is -5.12. The molecule has 2 aromatic carbocycles. The standard InChI is InChI=1S/C22H30N4O5S.C20H26N4O5S/c1-21(2,3)8-11-23-19-15-24-18(14-25-19)16-4-6-17(7-5-16)32(29,30)22(20(27)26-28)9-12-31-13-10-22;1-2-3-10-21-18-14-22-17(13-23-18)15-4-6-16(7-5-15)30(27,28)20(19(25)24-26)8-11-29-12-9-20/h4-7,14-15,28H,8-13H2,1-3H3,(H,23,25)(H,26,27);4-7,13-14,26H,2-3,8-12H2,1H3,(H,21,23)(H,24,25). The summed E-state index contributed by atoms with van der Waals surface area (Å²) < 4.78 is 60.1. The van der Waals surface area contributed by atoms with Gasteiger partial charge in [-0.2, -0.15) is 0 Å². The maximum absolute atomic E-state index is 13.3.